The van der Waals surface area contributed by atoms with Crippen LogP contribution >= 0.6 is 0 Å². The number of amides is 2. The minimum absolute atomic E-state index is 0.0153. The van der Waals surface area contributed by atoms with Crippen LogP contribution in [-0.2, 0) is 32.2 Å². The molecule has 1 aliphatic rings. The minimum atomic E-state index is -1.19. The van der Waals surface area contributed by atoms with Gasteiger partial charge in [0.2, 0.25) is 11.8 Å². The second kappa shape index (κ2) is 9.30. The van der Waals surface area contributed by atoms with Crippen molar-refractivity contribution in [1.82, 2.24) is 10.6 Å². The van der Waals surface area contributed by atoms with E-state index in [1.807, 2.05) is 60.7 Å². The fourth-order valence-electron chi connectivity index (χ4n) is 2.97. The summed E-state index contributed by atoms with van der Waals surface area (Å²) in [4.78, 5) is 24.7. The maximum Gasteiger partial charge on any atom is 0.225 e. The van der Waals surface area contributed by atoms with E-state index in [1.165, 1.54) is 0 Å². The van der Waals surface area contributed by atoms with Crippen LogP contribution in [0.25, 0.3) is 0 Å². The molecule has 2 aromatic rings. The summed E-state index contributed by atoms with van der Waals surface area (Å²) in [5.41, 5.74) is 2.02. The van der Waals surface area contributed by atoms with E-state index in [9.17, 15) is 9.59 Å². The molecule has 27 heavy (non-hydrogen) atoms. The van der Waals surface area contributed by atoms with Crippen LogP contribution in [0.5, 0.6) is 0 Å². The molecule has 0 radical (unpaired) electrons. The summed E-state index contributed by atoms with van der Waals surface area (Å²) in [5.74, 6) is -1.62. The van der Waals surface area contributed by atoms with Gasteiger partial charge in [-0.15, -0.1) is 0 Å². The molecule has 1 aliphatic heterocycles. The zero-order valence-electron chi connectivity index (χ0n) is 15.1. The van der Waals surface area contributed by atoms with Crippen molar-refractivity contribution < 1.29 is 19.1 Å². The van der Waals surface area contributed by atoms with Crippen molar-refractivity contribution in [3.63, 3.8) is 0 Å². The van der Waals surface area contributed by atoms with Crippen molar-refractivity contribution in [2.24, 2.45) is 0 Å². The van der Waals surface area contributed by atoms with Gasteiger partial charge in [0, 0.05) is 13.1 Å². The quantitative estimate of drug-likeness (QED) is 0.749. The van der Waals surface area contributed by atoms with E-state index in [4.69, 9.17) is 9.47 Å². The van der Waals surface area contributed by atoms with Crippen LogP contribution in [0.3, 0.4) is 0 Å². The highest BCUT2D eigenvalue weighted by Gasteiger charge is 2.40. The third-order valence-electron chi connectivity index (χ3n) is 4.34. The fraction of sp³-hybridized carbons (Fsp3) is 0.333. The van der Waals surface area contributed by atoms with Crippen molar-refractivity contribution in [3.8, 4) is 0 Å². The van der Waals surface area contributed by atoms with Crippen molar-refractivity contribution in [1.29, 1.82) is 0 Å². The molecule has 6 nitrogen and oxygen atoms in total. The molecule has 2 N–H and O–H groups in total. The van der Waals surface area contributed by atoms with E-state index in [0.717, 1.165) is 11.1 Å². The van der Waals surface area contributed by atoms with Gasteiger partial charge in [-0.1, -0.05) is 60.7 Å². The smallest absolute Gasteiger partial charge is 0.225 e. The Labute approximate surface area is 158 Å². The summed E-state index contributed by atoms with van der Waals surface area (Å²) in [5, 5.41) is 5.70. The summed E-state index contributed by atoms with van der Waals surface area (Å²) in [7, 11) is 0. The lowest BCUT2D eigenvalue weighted by Crippen LogP contribution is -2.42. The molecule has 3 rings (SSSR count). The molecule has 0 unspecified atom stereocenters. The lowest BCUT2D eigenvalue weighted by atomic mass is 10.1. The third kappa shape index (κ3) is 5.91. The number of hydrogen-bond acceptors (Lipinski definition) is 4. The van der Waals surface area contributed by atoms with Gasteiger partial charge in [-0.2, -0.15) is 0 Å². The van der Waals surface area contributed by atoms with Gasteiger partial charge in [0.15, 0.2) is 5.79 Å². The van der Waals surface area contributed by atoms with Crippen LogP contribution in [-0.4, -0.2) is 30.8 Å². The SMILES string of the molecule is O=C(CC1(CC(=O)NCc2ccccc2)OCCO1)NCc1ccccc1. The van der Waals surface area contributed by atoms with Gasteiger partial charge in [-0.25, -0.2) is 0 Å². The number of carbonyl (C=O) groups excluding carboxylic acids is 2. The van der Waals surface area contributed by atoms with Crippen LogP contribution in [0.2, 0.25) is 0 Å². The Morgan fingerprint density at radius 2 is 1.15 bits per heavy atom. The highest BCUT2D eigenvalue weighted by Crippen LogP contribution is 2.27. The molecular weight excluding hydrogens is 344 g/mol. The topological polar surface area (TPSA) is 76.7 Å². The van der Waals surface area contributed by atoms with Crippen molar-refractivity contribution in [3.05, 3.63) is 71.8 Å². The molecule has 1 heterocycles. The molecule has 0 saturated carbocycles. The van der Waals surface area contributed by atoms with E-state index in [2.05, 4.69) is 10.6 Å². The van der Waals surface area contributed by atoms with Gasteiger partial charge in [0.05, 0.1) is 26.1 Å². The lowest BCUT2D eigenvalue weighted by molar-refractivity contribution is -0.177. The second-order valence-electron chi connectivity index (χ2n) is 6.49. The molecule has 1 fully saturated rings. The Morgan fingerprint density at radius 1 is 0.741 bits per heavy atom. The largest absolute Gasteiger partial charge is 0.352 e. The number of carbonyl (C=O) groups is 2. The Kier molecular flexibility index (Phi) is 6.57. The highest BCUT2D eigenvalue weighted by molar-refractivity contribution is 5.80. The molecule has 2 aromatic carbocycles. The molecule has 0 bridgehead atoms. The summed E-state index contributed by atoms with van der Waals surface area (Å²) in [6, 6.07) is 19.3. The Bertz CT molecular complexity index is 684. The first kappa shape index (κ1) is 19.1. The molecule has 1 saturated heterocycles. The monoisotopic (exact) mass is 368 g/mol. The van der Waals surface area contributed by atoms with Crippen molar-refractivity contribution >= 4 is 11.8 Å². The van der Waals surface area contributed by atoms with Gasteiger partial charge in [-0.05, 0) is 11.1 Å². The summed E-state index contributed by atoms with van der Waals surface area (Å²) in [6.45, 7) is 1.60. The zero-order chi connectivity index (χ0) is 19.0. The van der Waals surface area contributed by atoms with E-state index in [1.54, 1.807) is 0 Å². The van der Waals surface area contributed by atoms with Crippen LogP contribution in [0.15, 0.2) is 60.7 Å². The molecule has 2 amide bonds. The van der Waals surface area contributed by atoms with Crippen molar-refractivity contribution in [2.75, 3.05) is 13.2 Å². The average molecular weight is 368 g/mol. The number of hydrogen-bond donors (Lipinski definition) is 2. The van der Waals surface area contributed by atoms with Crippen LogP contribution in [0, 0.1) is 0 Å². The molecule has 0 aliphatic carbocycles. The maximum atomic E-state index is 12.3. The van der Waals surface area contributed by atoms with Crippen LogP contribution in [0.4, 0.5) is 0 Å². The average Bonchev–Trinajstić information content (AvgIpc) is 3.14. The lowest BCUT2D eigenvalue weighted by Gasteiger charge is -2.26. The Morgan fingerprint density at radius 3 is 1.56 bits per heavy atom. The number of rotatable bonds is 8. The first-order valence-electron chi connectivity index (χ1n) is 9.04. The van der Waals surface area contributed by atoms with Crippen molar-refractivity contribution in [2.45, 2.75) is 31.7 Å². The summed E-state index contributed by atoms with van der Waals surface area (Å²) in [6.07, 6.45) is -0.0306. The molecule has 0 spiro atoms. The van der Waals surface area contributed by atoms with Crippen LogP contribution in [0.1, 0.15) is 24.0 Å². The van der Waals surface area contributed by atoms with Crippen LogP contribution < -0.4 is 10.6 Å². The molecule has 142 valence electrons. The number of nitrogens with one attached hydrogen (secondary N) is 2. The van der Waals surface area contributed by atoms with Gasteiger partial charge in [-0.3, -0.25) is 9.59 Å². The standard InChI is InChI=1S/C21H24N2O4/c24-19(22-15-17-7-3-1-4-8-17)13-21(26-11-12-27-21)14-20(25)23-16-18-9-5-2-6-10-18/h1-10H,11-16H2,(H,22,24)(H,23,25). The molecule has 6 heteroatoms. The van der Waals surface area contributed by atoms with E-state index in [-0.39, 0.29) is 24.7 Å². The predicted octanol–water partition coefficient (Wildman–Crippen LogP) is 2.14. The van der Waals surface area contributed by atoms with Gasteiger partial charge < -0.3 is 20.1 Å². The van der Waals surface area contributed by atoms with E-state index >= 15 is 0 Å². The zero-order valence-corrected chi connectivity index (χ0v) is 15.1. The third-order valence-corrected chi connectivity index (χ3v) is 4.34. The molecule has 0 aromatic heterocycles. The number of benzene rings is 2. The molecule has 0 atom stereocenters. The normalized spacial score (nSPS) is 15.3. The number of ether oxygens (including phenoxy) is 2. The highest BCUT2D eigenvalue weighted by atomic mass is 16.7. The first-order chi connectivity index (χ1) is 13.2. The van der Waals surface area contributed by atoms with Gasteiger partial charge in [0.1, 0.15) is 0 Å². The maximum absolute atomic E-state index is 12.3. The van der Waals surface area contributed by atoms with E-state index in [0.29, 0.717) is 26.3 Å². The first-order valence-corrected chi connectivity index (χ1v) is 9.04. The Balaban J connectivity index is 1.50. The second-order valence-corrected chi connectivity index (χ2v) is 6.49. The minimum Gasteiger partial charge on any atom is -0.352 e. The summed E-state index contributed by atoms with van der Waals surface area (Å²) < 4.78 is 11.3. The van der Waals surface area contributed by atoms with Gasteiger partial charge in [0.25, 0.3) is 0 Å². The fourth-order valence-corrected chi connectivity index (χ4v) is 2.97. The summed E-state index contributed by atoms with van der Waals surface area (Å²) >= 11 is 0. The van der Waals surface area contributed by atoms with E-state index < -0.39 is 5.79 Å². The Hall–Kier alpha value is -2.70. The molecular formula is C21H24N2O4. The predicted molar refractivity (Wildman–Crippen MR) is 100 cm³/mol. The van der Waals surface area contributed by atoms with Gasteiger partial charge >= 0.3 is 0 Å².